The summed E-state index contributed by atoms with van der Waals surface area (Å²) in [5.74, 6) is 1.33. The van der Waals surface area contributed by atoms with E-state index in [9.17, 15) is 13.6 Å². The monoisotopic (exact) mass is 679 g/mol. The molecule has 2 aromatic carbocycles. The minimum Gasteiger partial charge on any atom is -0.493 e. The van der Waals surface area contributed by atoms with Crippen LogP contribution in [-0.2, 0) is 11.2 Å². The number of benzene rings is 2. The van der Waals surface area contributed by atoms with Gasteiger partial charge in [0.05, 0.1) is 31.3 Å². The first-order chi connectivity index (χ1) is 22.7. The number of halogens is 2. The first kappa shape index (κ1) is 35.4. The number of anilines is 3. The Bertz CT molecular complexity index is 1720. The summed E-state index contributed by atoms with van der Waals surface area (Å²) >= 11 is 1.26. The summed E-state index contributed by atoms with van der Waals surface area (Å²) < 4.78 is 39.1. The highest BCUT2D eigenvalue weighted by Crippen LogP contribution is 2.48. The molecule has 3 heterocycles. The summed E-state index contributed by atoms with van der Waals surface area (Å²) in [4.78, 5) is 29.0. The van der Waals surface area contributed by atoms with Gasteiger partial charge in [0.1, 0.15) is 23.8 Å². The smallest absolute Gasteiger partial charge is 0.229 e. The van der Waals surface area contributed by atoms with Crippen molar-refractivity contribution in [3.63, 3.8) is 0 Å². The number of amides is 1. The highest BCUT2D eigenvalue weighted by molar-refractivity contribution is 7.15. The van der Waals surface area contributed by atoms with Crippen molar-refractivity contribution in [2.45, 2.75) is 73.3 Å². The van der Waals surface area contributed by atoms with Gasteiger partial charge in [0.2, 0.25) is 5.91 Å². The summed E-state index contributed by atoms with van der Waals surface area (Å²) in [6, 6.07) is 7.18. The van der Waals surface area contributed by atoms with E-state index < -0.39 is 17.5 Å². The van der Waals surface area contributed by atoms with E-state index in [0.29, 0.717) is 45.5 Å². The second-order valence-corrected chi connectivity index (χ2v) is 15.3. The van der Waals surface area contributed by atoms with Gasteiger partial charge in [0.15, 0.2) is 16.6 Å². The van der Waals surface area contributed by atoms with Crippen molar-refractivity contribution < 1.29 is 23.0 Å². The number of nitrogens with zero attached hydrogens (tertiary/aromatic N) is 4. The molecule has 0 aliphatic carbocycles. The number of ether oxygens (including phenoxy) is 2. The number of thiazole rings is 1. The molecule has 1 atom stereocenters. The number of hydrogen-bond acceptors (Lipinski definition) is 9. The highest BCUT2D eigenvalue weighted by atomic mass is 32.1. The van der Waals surface area contributed by atoms with Gasteiger partial charge in [0, 0.05) is 47.1 Å². The Hall–Kier alpha value is -3.90. The largest absolute Gasteiger partial charge is 0.493 e. The van der Waals surface area contributed by atoms with Crippen LogP contribution in [-0.4, -0.2) is 58.6 Å². The second kappa shape index (κ2) is 14.7. The molecular formula is C36H45F2N6O3S. The van der Waals surface area contributed by atoms with Gasteiger partial charge in [-0.05, 0) is 54.8 Å². The summed E-state index contributed by atoms with van der Waals surface area (Å²) in [7, 11) is 1.60. The number of fused-ring (bicyclic) bond motifs is 1. The molecular weight excluding hydrogens is 634 g/mol. The van der Waals surface area contributed by atoms with Crippen LogP contribution in [0.3, 0.4) is 0 Å². The molecule has 1 aliphatic heterocycles. The lowest BCUT2D eigenvalue weighted by Crippen LogP contribution is -2.46. The maximum Gasteiger partial charge on any atom is 0.229 e. The van der Waals surface area contributed by atoms with E-state index in [1.807, 2.05) is 12.1 Å². The summed E-state index contributed by atoms with van der Waals surface area (Å²) in [6.07, 6.45) is 6.31. The Morgan fingerprint density at radius 2 is 1.81 bits per heavy atom. The van der Waals surface area contributed by atoms with E-state index in [2.05, 4.69) is 72.0 Å². The molecule has 0 bridgehead atoms. The quantitative estimate of drug-likeness (QED) is 0.145. The molecule has 48 heavy (non-hydrogen) atoms. The summed E-state index contributed by atoms with van der Waals surface area (Å²) in [6.45, 7) is 16.6. The second-order valence-electron chi connectivity index (χ2n) is 14.2. The van der Waals surface area contributed by atoms with Crippen LogP contribution in [0.4, 0.5) is 25.4 Å². The van der Waals surface area contributed by atoms with Crippen LogP contribution in [0.25, 0.3) is 10.9 Å². The zero-order valence-electron chi connectivity index (χ0n) is 28.7. The third kappa shape index (κ3) is 8.57. The fraction of sp³-hybridized carbons (Fsp3) is 0.472. The molecule has 9 nitrogen and oxygen atoms in total. The molecule has 0 unspecified atom stereocenters. The standard InChI is InChI=1S/C36H45F2N6O3S/c1-35(2,3)32(36(4,5)6)28-10-8-13-44(28)14-9-15-47-30-19-27-24(18-29(30)46-7)33(41-21-40-27)43-34-39-20-23(48-34)17-31(45)42-26-12-11-22(37)16-25(26)38/h11-12,16,18-21,28H,8-10,13-15,17H2,1-7H3,(H,42,45)(H,39,40,41,43)/t28-/m0/s1. The number of likely N-dealkylation sites (tertiary alicyclic amines) is 1. The van der Waals surface area contributed by atoms with Gasteiger partial charge in [0.25, 0.3) is 0 Å². The van der Waals surface area contributed by atoms with Gasteiger partial charge < -0.3 is 20.1 Å². The van der Waals surface area contributed by atoms with Crippen LogP contribution < -0.4 is 20.1 Å². The van der Waals surface area contributed by atoms with Crippen LogP contribution in [0.2, 0.25) is 0 Å². The number of rotatable bonds is 12. The van der Waals surface area contributed by atoms with Crippen molar-refractivity contribution >= 4 is 44.8 Å². The number of hydrogen-bond donors (Lipinski definition) is 2. The summed E-state index contributed by atoms with van der Waals surface area (Å²) in [5.41, 5.74) is 0.874. The molecule has 1 radical (unpaired) electrons. The van der Waals surface area contributed by atoms with Gasteiger partial charge >= 0.3 is 0 Å². The molecule has 12 heteroatoms. The van der Waals surface area contributed by atoms with Gasteiger partial charge in [-0.15, -0.1) is 11.3 Å². The van der Waals surface area contributed by atoms with E-state index in [1.165, 1.54) is 36.6 Å². The van der Waals surface area contributed by atoms with Crippen molar-refractivity contribution in [2.24, 2.45) is 10.8 Å². The maximum absolute atomic E-state index is 13.9. The van der Waals surface area contributed by atoms with Gasteiger partial charge in [-0.25, -0.2) is 23.7 Å². The molecule has 257 valence electrons. The predicted octanol–water partition coefficient (Wildman–Crippen LogP) is 8.20. The predicted molar refractivity (Wildman–Crippen MR) is 187 cm³/mol. The molecule has 4 aromatic rings. The number of carbonyl (C=O) groups excluding carboxylic acids is 1. The zero-order chi connectivity index (χ0) is 34.6. The molecule has 1 amide bonds. The first-order valence-corrected chi connectivity index (χ1v) is 17.1. The Kier molecular flexibility index (Phi) is 10.8. The van der Waals surface area contributed by atoms with E-state index in [-0.39, 0.29) is 22.9 Å². The molecule has 2 aromatic heterocycles. The molecule has 0 saturated carbocycles. The topological polar surface area (TPSA) is 102 Å². The first-order valence-electron chi connectivity index (χ1n) is 16.3. The third-order valence-corrected chi connectivity index (χ3v) is 9.31. The molecule has 1 saturated heterocycles. The highest BCUT2D eigenvalue weighted by Gasteiger charge is 2.44. The Balaban J connectivity index is 1.21. The van der Waals surface area contributed by atoms with Gasteiger partial charge in [-0.2, -0.15) is 0 Å². The Morgan fingerprint density at radius 1 is 1.04 bits per heavy atom. The lowest BCUT2D eigenvalue weighted by atomic mass is 9.63. The zero-order valence-corrected chi connectivity index (χ0v) is 29.6. The minimum absolute atomic E-state index is 0.0276. The lowest BCUT2D eigenvalue weighted by Gasteiger charge is -2.46. The maximum atomic E-state index is 13.9. The molecule has 5 rings (SSSR count). The van der Waals surface area contributed by atoms with E-state index in [0.717, 1.165) is 37.0 Å². The van der Waals surface area contributed by atoms with E-state index in [1.54, 1.807) is 19.2 Å². The van der Waals surface area contributed by atoms with Crippen LogP contribution in [0.1, 0.15) is 65.7 Å². The number of carbonyl (C=O) groups is 1. The lowest BCUT2D eigenvalue weighted by molar-refractivity contribution is -0.115. The molecule has 1 aliphatic rings. The fourth-order valence-corrected chi connectivity index (χ4v) is 7.73. The molecule has 2 N–H and O–H groups in total. The van der Waals surface area contributed by atoms with Crippen LogP contribution in [0, 0.1) is 28.4 Å². The van der Waals surface area contributed by atoms with Crippen molar-refractivity contribution in [3.05, 3.63) is 65.3 Å². The van der Waals surface area contributed by atoms with Crippen molar-refractivity contribution in [1.82, 2.24) is 19.9 Å². The van der Waals surface area contributed by atoms with Crippen LogP contribution in [0.5, 0.6) is 11.5 Å². The number of aromatic nitrogens is 3. The van der Waals surface area contributed by atoms with Crippen LogP contribution in [0.15, 0.2) is 42.9 Å². The van der Waals surface area contributed by atoms with E-state index in [4.69, 9.17) is 9.47 Å². The minimum atomic E-state index is -0.838. The van der Waals surface area contributed by atoms with Crippen LogP contribution >= 0.6 is 11.3 Å². The number of nitrogens with one attached hydrogen (secondary N) is 2. The summed E-state index contributed by atoms with van der Waals surface area (Å²) in [5, 5.41) is 6.91. The SMILES string of the molecule is COc1cc2c(Nc3ncc(CC(=O)Nc4ccc(F)cc4F)s3)ncnc2cc1OCCCN1CCC[C@H]1[C](C(C)(C)C)C(C)(C)C. The Labute approximate surface area is 285 Å². The van der Waals surface area contributed by atoms with E-state index >= 15 is 0 Å². The average molecular weight is 680 g/mol. The third-order valence-electron chi connectivity index (χ3n) is 8.40. The Morgan fingerprint density at radius 3 is 2.52 bits per heavy atom. The normalized spacial score (nSPS) is 15.7. The average Bonchev–Trinajstić information content (AvgIpc) is 3.64. The molecule has 1 fully saturated rings. The van der Waals surface area contributed by atoms with Gasteiger partial charge in [-0.1, -0.05) is 41.5 Å². The molecule has 0 spiro atoms. The number of methoxy groups -OCH3 is 1. The van der Waals surface area contributed by atoms with Crippen molar-refractivity contribution in [3.8, 4) is 11.5 Å². The van der Waals surface area contributed by atoms with Crippen molar-refractivity contribution in [2.75, 3.05) is 37.4 Å². The van der Waals surface area contributed by atoms with Gasteiger partial charge in [-0.3, -0.25) is 9.69 Å². The van der Waals surface area contributed by atoms with Crippen molar-refractivity contribution in [1.29, 1.82) is 0 Å². The fourth-order valence-electron chi connectivity index (χ4n) is 6.92.